The van der Waals surface area contributed by atoms with Crippen LogP contribution in [0.1, 0.15) is 49.3 Å². The standard InChI is InChI=1S/C20H25N3O2/c1-15-8-10-18(25-2)16(14-15)9-11-20(24)22-19-12-13-21-23(19)17-6-4-3-5-7-17/h8-14,17H,3-7H2,1-2H3,(H,22,24)/b11-9+. The smallest absolute Gasteiger partial charge is 0.249 e. The fourth-order valence-corrected chi connectivity index (χ4v) is 3.35. The van der Waals surface area contributed by atoms with Crippen molar-refractivity contribution >= 4 is 17.8 Å². The fraction of sp³-hybridized carbons (Fsp3) is 0.400. The summed E-state index contributed by atoms with van der Waals surface area (Å²) >= 11 is 0. The van der Waals surface area contributed by atoms with Gasteiger partial charge in [-0.2, -0.15) is 5.10 Å². The van der Waals surface area contributed by atoms with Gasteiger partial charge < -0.3 is 10.1 Å². The number of anilines is 1. The maximum absolute atomic E-state index is 12.3. The van der Waals surface area contributed by atoms with Gasteiger partial charge >= 0.3 is 0 Å². The van der Waals surface area contributed by atoms with E-state index in [2.05, 4.69) is 10.4 Å². The summed E-state index contributed by atoms with van der Waals surface area (Å²) in [6.45, 7) is 2.01. The van der Waals surface area contributed by atoms with E-state index in [-0.39, 0.29) is 5.91 Å². The zero-order valence-electron chi connectivity index (χ0n) is 14.9. The van der Waals surface area contributed by atoms with E-state index in [1.807, 2.05) is 35.9 Å². The van der Waals surface area contributed by atoms with Gasteiger partial charge in [-0.25, -0.2) is 4.68 Å². The summed E-state index contributed by atoms with van der Waals surface area (Å²) in [5, 5.41) is 7.35. The average molecular weight is 339 g/mol. The number of methoxy groups -OCH3 is 1. The molecule has 0 bridgehead atoms. The third kappa shape index (κ3) is 4.29. The van der Waals surface area contributed by atoms with E-state index in [0.717, 1.165) is 35.5 Å². The molecular weight excluding hydrogens is 314 g/mol. The monoisotopic (exact) mass is 339 g/mol. The van der Waals surface area contributed by atoms with Gasteiger partial charge in [-0.05, 0) is 38.0 Å². The molecule has 0 radical (unpaired) electrons. The molecule has 1 heterocycles. The molecule has 5 heteroatoms. The Kier molecular flexibility index (Phi) is 5.53. The third-order valence-electron chi connectivity index (χ3n) is 4.64. The van der Waals surface area contributed by atoms with Crippen LogP contribution in [0.3, 0.4) is 0 Å². The fourth-order valence-electron chi connectivity index (χ4n) is 3.35. The molecule has 1 N–H and O–H groups in total. The summed E-state index contributed by atoms with van der Waals surface area (Å²) < 4.78 is 7.30. The molecule has 0 atom stereocenters. The number of ether oxygens (including phenoxy) is 1. The Balaban J connectivity index is 1.69. The molecule has 1 amide bonds. The van der Waals surface area contributed by atoms with Crippen LogP contribution in [-0.4, -0.2) is 22.8 Å². The highest BCUT2D eigenvalue weighted by atomic mass is 16.5. The second-order valence-electron chi connectivity index (χ2n) is 6.52. The Bertz CT molecular complexity index is 758. The molecule has 3 rings (SSSR count). The average Bonchev–Trinajstić information content (AvgIpc) is 3.09. The largest absolute Gasteiger partial charge is 0.496 e. The molecule has 5 nitrogen and oxygen atoms in total. The first kappa shape index (κ1) is 17.3. The van der Waals surface area contributed by atoms with Crippen molar-refractivity contribution in [3.63, 3.8) is 0 Å². The minimum absolute atomic E-state index is 0.166. The van der Waals surface area contributed by atoms with Crippen LogP contribution in [0, 0.1) is 6.92 Å². The molecule has 1 aromatic carbocycles. The van der Waals surface area contributed by atoms with Crippen LogP contribution < -0.4 is 10.1 Å². The van der Waals surface area contributed by atoms with Gasteiger partial charge in [-0.15, -0.1) is 0 Å². The number of hydrogen-bond donors (Lipinski definition) is 1. The molecule has 1 saturated carbocycles. The first-order valence-corrected chi connectivity index (χ1v) is 8.84. The molecule has 2 aromatic rings. The number of benzene rings is 1. The summed E-state index contributed by atoms with van der Waals surface area (Å²) in [4.78, 5) is 12.3. The number of aryl methyl sites for hydroxylation is 1. The van der Waals surface area contributed by atoms with Crippen LogP contribution in [0.25, 0.3) is 6.08 Å². The van der Waals surface area contributed by atoms with E-state index >= 15 is 0 Å². The second-order valence-corrected chi connectivity index (χ2v) is 6.52. The maximum atomic E-state index is 12.3. The molecule has 1 aromatic heterocycles. The lowest BCUT2D eigenvalue weighted by Gasteiger charge is -2.23. The summed E-state index contributed by atoms with van der Waals surface area (Å²) in [5.41, 5.74) is 2.01. The van der Waals surface area contributed by atoms with Gasteiger partial charge in [0.2, 0.25) is 5.91 Å². The molecule has 1 aliphatic rings. The van der Waals surface area contributed by atoms with E-state index in [0.29, 0.717) is 6.04 Å². The number of aromatic nitrogens is 2. The summed E-state index contributed by atoms with van der Waals surface area (Å²) in [7, 11) is 1.63. The predicted molar refractivity (Wildman–Crippen MR) is 99.7 cm³/mol. The highest BCUT2D eigenvalue weighted by molar-refractivity contribution is 6.01. The summed E-state index contributed by atoms with van der Waals surface area (Å²) in [5.74, 6) is 1.35. The van der Waals surface area contributed by atoms with Crippen molar-refractivity contribution < 1.29 is 9.53 Å². The van der Waals surface area contributed by atoms with Gasteiger partial charge in [0, 0.05) is 17.7 Å². The van der Waals surface area contributed by atoms with E-state index in [1.54, 1.807) is 19.4 Å². The number of rotatable bonds is 5. The van der Waals surface area contributed by atoms with Crippen LogP contribution in [-0.2, 0) is 4.79 Å². The number of carbonyl (C=O) groups is 1. The lowest BCUT2D eigenvalue weighted by molar-refractivity contribution is -0.111. The van der Waals surface area contributed by atoms with Crippen LogP contribution in [0.15, 0.2) is 36.5 Å². The molecule has 0 unspecified atom stereocenters. The van der Waals surface area contributed by atoms with Crippen molar-refractivity contribution in [1.29, 1.82) is 0 Å². The summed E-state index contributed by atoms with van der Waals surface area (Å²) in [6, 6.07) is 8.13. The second kappa shape index (κ2) is 8.01. The van der Waals surface area contributed by atoms with Crippen molar-refractivity contribution in [3.05, 3.63) is 47.7 Å². The maximum Gasteiger partial charge on any atom is 0.249 e. The Morgan fingerprint density at radius 1 is 1.28 bits per heavy atom. The molecule has 0 spiro atoms. The van der Waals surface area contributed by atoms with E-state index in [1.165, 1.54) is 25.3 Å². The lowest BCUT2D eigenvalue weighted by atomic mass is 9.96. The zero-order valence-corrected chi connectivity index (χ0v) is 14.9. The quantitative estimate of drug-likeness (QED) is 0.824. The van der Waals surface area contributed by atoms with Crippen LogP contribution >= 0.6 is 0 Å². The van der Waals surface area contributed by atoms with Crippen molar-refractivity contribution in [2.75, 3.05) is 12.4 Å². The van der Waals surface area contributed by atoms with Gasteiger partial charge in [0.25, 0.3) is 0 Å². The molecule has 1 fully saturated rings. The highest BCUT2D eigenvalue weighted by Gasteiger charge is 2.18. The van der Waals surface area contributed by atoms with Gasteiger partial charge in [-0.3, -0.25) is 4.79 Å². The Hall–Kier alpha value is -2.56. The first-order valence-electron chi connectivity index (χ1n) is 8.84. The van der Waals surface area contributed by atoms with Crippen LogP contribution in [0.5, 0.6) is 5.75 Å². The number of nitrogens with zero attached hydrogens (tertiary/aromatic N) is 2. The van der Waals surface area contributed by atoms with Gasteiger partial charge in [-0.1, -0.05) is 30.9 Å². The Labute approximate surface area is 148 Å². The normalized spacial score (nSPS) is 15.4. The topological polar surface area (TPSA) is 56.1 Å². The summed E-state index contributed by atoms with van der Waals surface area (Å²) in [6.07, 6.45) is 11.1. The minimum Gasteiger partial charge on any atom is -0.496 e. The zero-order chi connectivity index (χ0) is 17.6. The van der Waals surface area contributed by atoms with Crippen LogP contribution in [0.4, 0.5) is 5.82 Å². The predicted octanol–water partition coefficient (Wildman–Crippen LogP) is 4.36. The molecule has 0 saturated heterocycles. The van der Waals surface area contributed by atoms with E-state index < -0.39 is 0 Å². The Morgan fingerprint density at radius 3 is 2.84 bits per heavy atom. The number of nitrogens with one attached hydrogen (secondary N) is 1. The molecule has 25 heavy (non-hydrogen) atoms. The Morgan fingerprint density at radius 2 is 2.08 bits per heavy atom. The van der Waals surface area contributed by atoms with Crippen molar-refractivity contribution in [2.24, 2.45) is 0 Å². The minimum atomic E-state index is -0.166. The van der Waals surface area contributed by atoms with Gasteiger partial charge in [0.05, 0.1) is 19.3 Å². The molecule has 132 valence electrons. The van der Waals surface area contributed by atoms with Crippen LogP contribution in [0.2, 0.25) is 0 Å². The molecule has 0 aliphatic heterocycles. The van der Waals surface area contributed by atoms with Gasteiger partial charge in [0.1, 0.15) is 11.6 Å². The number of hydrogen-bond acceptors (Lipinski definition) is 3. The molecular formula is C20H25N3O2. The highest BCUT2D eigenvalue weighted by Crippen LogP contribution is 2.30. The third-order valence-corrected chi connectivity index (χ3v) is 4.64. The first-order chi connectivity index (χ1) is 12.2. The molecule has 1 aliphatic carbocycles. The number of amides is 1. The SMILES string of the molecule is COc1ccc(C)cc1/C=C/C(=O)Nc1ccnn1C1CCCCC1. The van der Waals surface area contributed by atoms with E-state index in [4.69, 9.17) is 4.74 Å². The lowest BCUT2D eigenvalue weighted by Crippen LogP contribution is -2.19. The van der Waals surface area contributed by atoms with Crippen molar-refractivity contribution in [2.45, 2.75) is 45.1 Å². The number of carbonyl (C=O) groups excluding carboxylic acids is 1. The van der Waals surface area contributed by atoms with Crippen molar-refractivity contribution in [3.8, 4) is 5.75 Å². The van der Waals surface area contributed by atoms with E-state index in [9.17, 15) is 4.79 Å². The van der Waals surface area contributed by atoms with Crippen molar-refractivity contribution in [1.82, 2.24) is 9.78 Å². The van der Waals surface area contributed by atoms with Gasteiger partial charge in [0.15, 0.2) is 0 Å².